The topological polar surface area (TPSA) is 83.6 Å². The van der Waals surface area contributed by atoms with Gasteiger partial charge in [0.2, 0.25) is 0 Å². The van der Waals surface area contributed by atoms with Crippen LogP contribution in [0.1, 0.15) is 28.4 Å². The zero-order chi connectivity index (χ0) is 12.3. The summed E-state index contributed by atoms with van der Waals surface area (Å²) in [5.74, 6) is -1.09. The number of rotatable bonds is 4. The van der Waals surface area contributed by atoms with Crippen LogP contribution in [-0.4, -0.2) is 16.2 Å². The minimum atomic E-state index is -1.06. The second kappa shape index (κ2) is 5.14. The molecule has 0 saturated heterocycles. The monoisotopic (exact) mass is 285 g/mol. The van der Waals surface area contributed by atoms with E-state index < -0.39 is 12.0 Å². The molecule has 0 fully saturated rings. The quantitative estimate of drug-likeness (QED) is 0.742. The van der Waals surface area contributed by atoms with Gasteiger partial charge in [-0.1, -0.05) is 6.08 Å². The third kappa shape index (κ3) is 2.62. The summed E-state index contributed by atoms with van der Waals surface area (Å²) in [5.41, 5.74) is 6.28. The van der Waals surface area contributed by atoms with E-state index in [9.17, 15) is 9.90 Å². The summed E-state index contributed by atoms with van der Waals surface area (Å²) >= 11 is 3.09. The van der Waals surface area contributed by atoms with Crippen LogP contribution < -0.4 is 5.73 Å². The molecule has 1 rings (SSSR count). The Labute approximate surface area is 102 Å². The van der Waals surface area contributed by atoms with Gasteiger partial charge in [-0.3, -0.25) is 0 Å². The summed E-state index contributed by atoms with van der Waals surface area (Å²) in [6, 6.07) is 2.24. The molecule has 0 aromatic heterocycles. The van der Waals surface area contributed by atoms with E-state index in [2.05, 4.69) is 22.5 Å². The minimum Gasteiger partial charge on any atom is -0.506 e. The van der Waals surface area contributed by atoms with Crippen molar-refractivity contribution in [2.45, 2.75) is 12.5 Å². The van der Waals surface area contributed by atoms with Gasteiger partial charge in [-0.05, 0) is 34.5 Å². The first kappa shape index (κ1) is 12.7. The molecule has 5 heteroatoms. The van der Waals surface area contributed by atoms with Gasteiger partial charge in [0.05, 0.1) is 10.0 Å². The second-order valence-electron chi connectivity index (χ2n) is 3.33. The molecule has 1 aromatic carbocycles. The van der Waals surface area contributed by atoms with Crippen LogP contribution in [0.4, 0.5) is 0 Å². The number of phenolic OH excluding ortho intramolecular Hbond substituents is 1. The van der Waals surface area contributed by atoms with Crippen molar-refractivity contribution in [1.29, 1.82) is 0 Å². The van der Waals surface area contributed by atoms with Crippen LogP contribution in [0.5, 0.6) is 5.75 Å². The number of carboxylic acid groups (broad SMARTS) is 1. The van der Waals surface area contributed by atoms with Crippen LogP contribution >= 0.6 is 15.9 Å². The van der Waals surface area contributed by atoms with E-state index in [0.717, 1.165) is 0 Å². The number of hydrogen-bond acceptors (Lipinski definition) is 3. The lowest BCUT2D eigenvalue weighted by Crippen LogP contribution is -2.11. The lowest BCUT2D eigenvalue weighted by molar-refractivity contribution is 0.0696. The van der Waals surface area contributed by atoms with E-state index in [1.165, 1.54) is 12.1 Å². The van der Waals surface area contributed by atoms with Crippen molar-refractivity contribution in [2.75, 3.05) is 0 Å². The standard InChI is InChI=1S/C11H12BrNO3/c1-2-3-9(13)7-4-6(11(15)16)5-8(12)10(7)14/h2,4-5,9,14H,1,3,13H2,(H,15,16)/t9-/m0/s1. The van der Waals surface area contributed by atoms with Gasteiger partial charge < -0.3 is 15.9 Å². The summed E-state index contributed by atoms with van der Waals surface area (Å²) in [5, 5.41) is 18.6. The van der Waals surface area contributed by atoms with Crippen molar-refractivity contribution in [1.82, 2.24) is 0 Å². The van der Waals surface area contributed by atoms with Crippen molar-refractivity contribution in [3.05, 3.63) is 40.4 Å². The zero-order valence-corrected chi connectivity index (χ0v) is 10.1. The van der Waals surface area contributed by atoms with Crippen molar-refractivity contribution >= 4 is 21.9 Å². The molecule has 0 radical (unpaired) electrons. The molecule has 0 bridgehead atoms. The van der Waals surface area contributed by atoms with E-state index in [0.29, 0.717) is 16.5 Å². The summed E-state index contributed by atoms with van der Waals surface area (Å²) in [7, 11) is 0. The Balaban J connectivity index is 3.26. The smallest absolute Gasteiger partial charge is 0.335 e. The third-order valence-corrected chi connectivity index (χ3v) is 2.76. The van der Waals surface area contributed by atoms with Crippen molar-refractivity contribution in [3.63, 3.8) is 0 Å². The van der Waals surface area contributed by atoms with Crippen molar-refractivity contribution < 1.29 is 15.0 Å². The van der Waals surface area contributed by atoms with Crippen LogP contribution in [0.3, 0.4) is 0 Å². The van der Waals surface area contributed by atoms with Crippen LogP contribution in [0.2, 0.25) is 0 Å². The third-order valence-electron chi connectivity index (χ3n) is 2.16. The number of phenols is 1. The van der Waals surface area contributed by atoms with E-state index in [4.69, 9.17) is 10.8 Å². The second-order valence-corrected chi connectivity index (χ2v) is 4.19. The lowest BCUT2D eigenvalue weighted by atomic mass is 10.0. The molecule has 86 valence electrons. The number of aromatic carboxylic acids is 1. The fraction of sp³-hybridized carbons (Fsp3) is 0.182. The molecular formula is C11H12BrNO3. The summed E-state index contributed by atoms with van der Waals surface area (Å²) < 4.78 is 0.321. The minimum absolute atomic E-state index is 0.0284. The van der Waals surface area contributed by atoms with Gasteiger partial charge in [-0.25, -0.2) is 4.79 Å². The highest BCUT2D eigenvalue weighted by Crippen LogP contribution is 2.33. The maximum Gasteiger partial charge on any atom is 0.335 e. The highest BCUT2D eigenvalue weighted by molar-refractivity contribution is 9.10. The number of nitrogens with two attached hydrogens (primary N) is 1. The van der Waals surface area contributed by atoms with Crippen molar-refractivity contribution in [2.24, 2.45) is 5.73 Å². The molecule has 0 saturated carbocycles. The molecule has 4 nitrogen and oxygen atoms in total. The van der Waals surface area contributed by atoms with E-state index in [1.54, 1.807) is 6.08 Å². The van der Waals surface area contributed by atoms with Crippen LogP contribution in [0.25, 0.3) is 0 Å². The molecule has 0 aliphatic heterocycles. The number of carbonyl (C=O) groups is 1. The number of aromatic hydroxyl groups is 1. The normalized spacial score (nSPS) is 12.1. The maximum atomic E-state index is 10.8. The van der Waals surface area contributed by atoms with Gasteiger partial charge >= 0.3 is 5.97 Å². The first-order valence-corrected chi connectivity index (χ1v) is 5.38. The Kier molecular flexibility index (Phi) is 4.09. The highest BCUT2D eigenvalue weighted by atomic mass is 79.9. The Morgan fingerprint density at radius 3 is 2.75 bits per heavy atom. The fourth-order valence-corrected chi connectivity index (χ4v) is 1.81. The van der Waals surface area contributed by atoms with Gasteiger partial charge in [0, 0.05) is 11.6 Å². The summed E-state index contributed by atoms with van der Waals surface area (Å²) in [4.78, 5) is 10.8. The van der Waals surface area contributed by atoms with Gasteiger partial charge in [0.1, 0.15) is 5.75 Å². The van der Waals surface area contributed by atoms with Crippen LogP contribution in [0, 0.1) is 0 Å². The van der Waals surface area contributed by atoms with Gasteiger partial charge in [0.15, 0.2) is 0 Å². The molecule has 4 N–H and O–H groups in total. The number of carboxylic acids is 1. The number of benzene rings is 1. The number of hydrogen-bond donors (Lipinski definition) is 3. The van der Waals surface area contributed by atoms with E-state index in [-0.39, 0.29) is 11.3 Å². The first-order valence-electron chi connectivity index (χ1n) is 4.59. The molecule has 0 unspecified atom stereocenters. The Hall–Kier alpha value is -1.33. The molecule has 0 amide bonds. The first-order chi connectivity index (χ1) is 7.47. The van der Waals surface area contributed by atoms with Gasteiger partial charge in [-0.2, -0.15) is 0 Å². The Morgan fingerprint density at radius 1 is 1.62 bits per heavy atom. The SMILES string of the molecule is C=CC[C@H](N)c1cc(C(=O)O)cc(Br)c1O. The molecule has 16 heavy (non-hydrogen) atoms. The maximum absolute atomic E-state index is 10.8. The number of halogens is 1. The van der Waals surface area contributed by atoms with E-state index in [1.807, 2.05) is 0 Å². The summed E-state index contributed by atoms with van der Waals surface area (Å²) in [6.45, 7) is 3.55. The molecule has 0 aliphatic carbocycles. The average molecular weight is 286 g/mol. The van der Waals surface area contributed by atoms with E-state index >= 15 is 0 Å². The predicted octanol–water partition coefficient (Wildman–Crippen LogP) is 2.43. The Bertz CT molecular complexity index is 431. The van der Waals surface area contributed by atoms with Crippen LogP contribution in [0.15, 0.2) is 29.3 Å². The highest BCUT2D eigenvalue weighted by Gasteiger charge is 2.16. The summed E-state index contributed by atoms with van der Waals surface area (Å²) in [6.07, 6.45) is 2.08. The molecule has 0 spiro atoms. The Morgan fingerprint density at radius 2 is 2.25 bits per heavy atom. The van der Waals surface area contributed by atoms with Gasteiger partial charge in [0.25, 0.3) is 0 Å². The lowest BCUT2D eigenvalue weighted by Gasteiger charge is -2.13. The van der Waals surface area contributed by atoms with Crippen LogP contribution in [-0.2, 0) is 0 Å². The molecule has 0 aliphatic rings. The van der Waals surface area contributed by atoms with Gasteiger partial charge in [-0.15, -0.1) is 6.58 Å². The fourth-order valence-electron chi connectivity index (χ4n) is 1.33. The predicted molar refractivity (Wildman–Crippen MR) is 64.5 cm³/mol. The molecule has 1 atom stereocenters. The molecular weight excluding hydrogens is 274 g/mol. The zero-order valence-electron chi connectivity index (χ0n) is 8.48. The average Bonchev–Trinajstić information content (AvgIpc) is 2.21. The van der Waals surface area contributed by atoms with Crippen molar-refractivity contribution in [3.8, 4) is 5.75 Å². The molecule has 0 heterocycles. The largest absolute Gasteiger partial charge is 0.506 e. The molecule has 1 aromatic rings.